The van der Waals surface area contributed by atoms with Gasteiger partial charge in [0, 0.05) is 25.7 Å². The Morgan fingerprint density at radius 3 is 0.791 bits per heavy atom. The number of carbonyl (C=O) groups is 4. The van der Waals surface area contributed by atoms with Crippen LogP contribution >= 0.6 is 15.6 Å². The zero-order valence-electron chi connectivity index (χ0n) is 55.4. The molecule has 510 valence electrons. The van der Waals surface area contributed by atoms with Crippen molar-refractivity contribution >= 4 is 39.5 Å². The van der Waals surface area contributed by atoms with Crippen LogP contribution in [0, 0.1) is 5.92 Å². The first-order valence-corrected chi connectivity index (χ1v) is 38.1. The minimum absolute atomic E-state index is 0.104. The molecule has 0 fully saturated rings. The van der Waals surface area contributed by atoms with E-state index in [0.717, 1.165) is 109 Å². The second-order valence-corrected chi connectivity index (χ2v) is 27.6. The maximum atomic E-state index is 13.0. The van der Waals surface area contributed by atoms with Crippen LogP contribution in [-0.2, 0) is 65.4 Å². The number of aliphatic hydroxyl groups excluding tert-OH is 1. The first-order chi connectivity index (χ1) is 41.5. The molecular weight excluding hydrogens is 1140 g/mol. The molecule has 0 rings (SSSR count). The van der Waals surface area contributed by atoms with Gasteiger partial charge in [-0.25, -0.2) is 9.13 Å². The molecule has 0 aromatic heterocycles. The minimum atomic E-state index is -4.95. The van der Waals surface area contributed by atoms with Crippen LogP contribution in [0.25, 0.3) is 0 Å². The highest BCUT2D eigenvalue weighted by molar-refractivity contribution is 7.47. The topological polar surface area (TPSA) is 237 Å². The maximum absolute atomic E-state index is 13.0. The summed E-state index contributed by atoms with van der Waals surface area (Å²) in [7, 11) is -9.88. The lowest BCUT2D eigenvalue weighted by molar-refractivity contribution is -0.161. The van der Waals surface area contributed by atoms with Gasteiger partial charge in [0.1, 0.15) is 19.3 Å². The lowest BCUT2D eigenvalue weighted by Gasteiger charge is -2.21. The monoisotopic (exact) mass is 1270 g/mol. The number of esters is 4. The summed E-state index contributed by atoms with van der Waals surface area (Å²) in [6.07, 6.45) is 46.4. The van der Waals surface area contributed by atoms with Gasteiger partial charge in [-0.2, -0.15) is 0 Å². The third-order valence-electron chi connectivity index (χ3n) is 15.5. The summed E-state index contributed by atoms with van der Waals surface area (Å²) < 4.78 is 67.9. The van der Waals surface area contributed by atoms with Gasteiger partial charge >= 0.3 is 39.5 Å². The maximum Gasteiger partial charge on any atom is 0.472 e. The first-order valence-electron chi connectivity index (χ1n) is 35.1. The van der Waals surface area contributed by atoms with Crippen molar-refractivity contribution in [3.63, 3.8) is 0 Å². The van der Waals surface area contributed by atoms with Crippen LogP contribution in [-0.4, -0.2) is 96.7 Å². The highest BCUT2D eigenvalue weighted by atomic mass is 31.2. The Kier molecular flexibility index (Phi) is 59.2. The largest absolute Gasteiger partial charge is 0.472 e. The Bertz CT molecular complexity index is 1670. The molecule has 0 spiro atoms. The third-order valence-corrected chi connectivity index (χ3v) is 17.4. The van der Waals surface area contributed by atoms with Crippen molar-refractivity contribution in [2.75, 3.05) is 39.6 Å². The van der Waals surface area contributed by atoms with Crippen molar-refractivity contribution in [2.24, 2.45) is 5.92 Å². The van der Waals surface area contributed by atoms with Gasteiger partial charge < -0.3 is 33.8 Å². The second kappa shape index (κ2) is 60.6. The zero-order valence-corrected chi connectivity index (χ0v) is 57.2. The van der Waals surface area contributed by atoms with Gasteiger partial charge in [-0.05, 0) is 31.6 Å². The van der Waals surface area contributed by atoms with Gasteiger partial charge in [0.25, 0.3) is 0 Å². The van der Waals surface area contributed by atoms with Crippen LogP contribution in [0.1, 0.15) is 343 Å². The van der Waals surface area contributed by atoms with E-state index in [1.807, 2.05) is 0 Å². The molecule has 2 unspecified atom stereocenters. The average Bonchev–Trinajstić information content (AvgIpc) is 3.56. The Labute approximate surface area is 524 Å². The highest BCUT2D eigenvalue weighted by Crippen LogP contribution is 2.45. The van der Waals surface area contributed by atoms with Crippen LogP contribution in [0.3, 0.4) is 0 Å². The summed E-state index contributed by atoms with van der Waals surface area (Å²) in [6.45, 7) is 7.11. The molecule has 19 heteroatoms. The van der Waals surface area contributed by atoms with Crippen molar-refractivity contribution in [3.8, 4) is 0 Å². The van der Waals surface area contributed by atoms with E-state index in [1.54, 1.807) is 0 Å². The molecule has 0 aromatic carbocycles. The molecule has 3 N–H and O–H groups in total. The molecule has 0 aliphatic rings. The summed E-state index contributed by atoms with van der Waals surface area (Å²) >= 11 is 0. The van der Waals surface area contributed by atoms with Crippen LogP contribution in [0.2, 0.25) is 0 Å². The van der Waals surface area contributed by atoms with E-state index in [-0.39, 0.29) is 25.7 Å². The summed E-state index contributed by atoms with van der Waals surface area (Å²) in [6, 6.07) is 0. The molecule has 86 heavy (non-hydrogen) atoms. The molecule has 0 aliphatic carbocycles. The van der Waals surface area contributed by atoms with Gasteiger partial charge in [-0.1, -0.05) is 291 Å². The van der Waals surface area contributed by atoms with E-state index in [2.05, 4.69) is 34.6 Å². The van der Waals surface area contributed by atoms with Crippen LogP contribution in [0.4, 0.5) is 0 Å². The number of phosphoric acid groups is 2. The van der Waals surface area contributed by atoms with Crippen molar-refractivity contribution < 1.29 is 80.2 Å². The number of aliphatic hydroxyl groups is 1. The Morgan fingerprint density at radius 1 is 0.314 bits per heavy atom. The molecule has 0 amide bonds. The van der Waals surface area contributed by atoms with Crippen molar-refractivity contribution in [2.45, 2.75) is 361 Å². The molecule has 0 saturated carbocycles. The van der Waals surface area contributed by atoms with Gasteiger partial charge in [-0.3, -0.25) is 37.3 Å². The normalized spacial score (nSPS) is 14.2. The number of carbonyl (C=O) groups excluding carboxylic acids is 4. The minimum Gasteiger partial charge on any atom is -0.462 e. The van der Waals surface area contributed by atoms with E-state index in [9.17, 15) is 43.2 Å². The number of ether oxygens (including phenoxy) is 4. The number of rotatable bonds is 67. The SMILES string of the molecule is CCCCCCCCCCCCCCCCCCCCCC(=O)O[C@H](COC(=O)CCCCCCCCCCCCCC(C)C)COP(=O)(O)OC[C@@H](O)COP(=O)(O)OC[C@@H](COC(=O)CCCCCCC)OC(=O)CCCCCCCCCC. The standard InChI is InChI=1S/C67H130O17P2/c1-6-9-12-15-17-19-20-21-22-23-24-25-26-27-30-34-38-43-48-53-67(72)84-63(57-78-65(70)51-46-41-37-33-31-28-29-32-35-40-44-49-60(4)5)59-82-86(75,76)80-55-61(68)54-79-85(73,74)81-58-62(56-77-64(69)50-45-39-14-11-8-3)83-66(71)52-47-42-36-18-16-13-10-7-2/h60-63,68H,6-59H2,1-5H3,(H,73,74)(H,75,76)/t61-,62+,63+/m0/s1. The third kappa shape index (κ3) is 60.9. The van der Waals surface area contributed by atoms with Crippen molar-refractivity contribution in [1.82, 2.24) is 0 Å². The lowest BCUT2D eigenvalue weighted by atomic mass is 10.0. The number of hydrogen-bond acceptors (Lipinski definition) is 15. The first kappa shape index (κ1) is 84.1. The quantitative estimate of drug-likeness (QED) is 0.0222. The van der Waals surface area contributed by atoms with Crippen molar-refractivity contribution in [1.29, 1.82) is 0 Å². The van der Waals surface area contributed by atoms with E-state index < -0.39 is 97.5 Å². The Morgan fingerprint density at radius 2 is 0.535 bits per heavy atom. The summed E-state index contributed by atoms with van der Waals surface area (Å²) in [4.78, 5) is 72.0. The summed E-state index contributed by atoms with van der Waals surface area (Å²) in [5.74, 6) is -1.37. The summed E-state index contributed by atoms with van der Waals surface area (Å²) in [5, 5.41) is 10.5. The summed E-state index contributed by atoms with van der Waals surface area (Å²) in [5.41, 5.74) is 0. The molecule has 0 radical (unpaired) electrons. The lowest BCUT2D eigenvalue weighted by Crippen LogP contribution is -2.30. The molecule has 0 aromatic rings. The predicted molar refractivity (Wildman–Crippen MR) is 345 cm³/mol. The van der Waals surface area contributed by atoms with Gasteiger partial charge in [-0.15, -0.1) is 0 Å². The molecule has 0 aliphatic heterocycles. The van der Waals surface area contributed by atoms with E-state index in [0.29, 0.717) is 25.7 Å². The van der Waals surface area contributed by atoms with Crippen LogP contribution in [0.15, 0.2) is 0 Å². The van der Waals surface area contributed by atoms with Gasteiger partial charge in [0.05, 0.1) is 26.4 Å². The fourth-order valence-corrected chi connectivity index (χ4v) is 11.7. The smallest absolute Gasteiger partial charge is 0.462 e. The average molecular weight is 1270 g/mol. The molecule has 0 bridgehead atoms. The second-order valence-electron chi connectivity index (χ2n) is 24.7. The molecule has 0 saturated heterocycles. The molecule has 0 heterocycles. The number of unbranched alkanes of at least 4 members (excludes halogenated alkanes) is 39. The zero-order chi connectivity index (χ0) is 63.5. The highest BCUT2D eigenvalue weighted by Gasteiger charge is 2.30. The number of hydrogen-bond donors (Lipinski definition) is 3. The predicted octanol–water partition coefficient (Wildman–Crippen LogP) is 19.0. The van der Waals surface area contributed by atoms with Crippen LogP contribution in [0.5, 0.6) is 0 Å². The van der Waals surface area contributed by atoms with Crippen molar-refractivity contribution in [3.05, 3.63) is 0 Å². The molecule has 17 nitrogen and oxygen atoms in total. The fourth-order valence-electron chi connectivity index (χ4n) is 10.1. The molecule has 5 atom stereocenters. The van der Waals surface area contributed by atoms with E-state index in [4.69, 9.17) is 37.0 Å². The fraction of sp³-hybridized carbons (Fsp3) is 0.940. The van der Waals surface area contributed by atoms with Crippen LogP contribution < -0.4 is 0 Å². The molecular formula is C67H130O17P2. The van der Waals surface area contributed by atoms with E-state index >= 15 is 0 Å². The van der Waals surface area contributed by atoms with Gasteiger partial charge in [0.2, 0.25) is 0 Å². The van der Waals surface area contributed by atoms with E-state index in [1.165, 1.54) is 154 Å². The number of phosphoric ester groups is 2. The Balaban J connectivity index is 5.12. The Hall–Kier alpha value is -1.94. The van der Waals surface area contributed by atoms with Gasteiger partial charge in [0.15, 0.2) is 12.2 Å².